The van der Waals surface area contributed by atoms with Crippen molar-refractivity contribution in [2.75, 3.05) is 18.5 Å². The van der Waals surface area contributed by atoms with Crippen LogP contribution in [-0.2, 0) is 13.0 Å². The molecule has 1 aliphatic heterocycles. The zero-order valence-corrected chi connectivity index (χ0v) is 11.7. The molecule has 1 N–H and O–H groups in total. The summed E-state index contributed by atoms with van der Waals surface area (Å²) < 4.78 is 11.3. The highest BCUT2D eigenvalue weighted by atomic mass is 16.6. The number of anilines is 1. The third-order valence-corrected chi connectivity index (χ3v) is 3.49. The van der Waals surface area contributed by atoms with Gasteiger partial charge in [-0.25, -0.2) is 0 Å². The van der Waals surface area contributed by atoms with Crippen molar-refractivity contribution in [2.45, 2.75) is 19.9 Å². The van der Waals surface area contributed by atoms with Crippen LogP contribution in [0.1, 0.15) is 18.1 Å². The van der Waals surface area contributed by atoms with Crippen molar-refractivity contribution < 1.29 is 9.47 Å². The summed E-state index contributed by atoms with van der Waals surface area (Å²) in [5.41, 5.74) is 3.60. The molecule has 0 atom stereocenters. The largest absolute Gasteiger partial charge is 0.486 e. The van der Waals surface area contributed by atoms with Gasteiger partial charge in [-0.3, -0.25) is 0 Å². The van der Waals surface area contributed by atoms with Gasteiger partial charge in [-0.1, -0.05) is 31.2 Å². The third-order valence-electron chi connectivity index (χ3n) is 3.49. The number of para-hydroxylation sites is 1. The van der Waals surface area contributed by atoms with Gasteiger partial charge in [0.1, 0.15) is 13.2 Å². The molecule has 0 fully saturated rings. The number of aryl methyl sites for hydroxylation is 1. The van der Waals surface area contributed by atoms with Gasteiger partial charge in [0.2, 0.25) is 0 Å². The first-order valence-corrected chi connectivity index (χ1v) is 7.07. The molecule has 2 aromatic carbocycles. The van der Waals surface area contributed by atoms with Crippen molar-refractivity contribution in [1.82, 2.24) is 0 Å². The van der Waals surface area contributed by atoms with Crippen LogP contribution in [0, 0.1) is 0 Å². The Morgan fingerprint density at radius 1 is 1.00 bits per heavy atom. The molecule has 0 radical (unpaired) electrons. The molecule has 0 spiro atoms. The molecule has 0 saturated carbocycles. The summed E-state index contributed by atoms with van der Waals surface area (Å²) in [6.45, 7) is 4.14. The van der Waals surface area contributed by atoms with Crippen molar-refractivity contribution in [3.8, 4) is 11.5 Å². The Hall–Kier alpha value is -2.16. The summed E-state index contributed by atoms with van der Waals surface area (Å²) in [5.74, 6) is 1.72. The van der Waals surface area contributed by atoms with Gasteiger partial charge in [-0.05, 0) is 30.2 Å². The second-order valence-corrected chi connectivity index (χ2v) is 4.85. The van der Waals surface area contributed by atoms with Gasteiger partial charge in [-0.2, -0.15) is 0 Å². The number of rotatable bonds is 4. The van der Waals surface area contributed by atoms with Crippen molar-refractivity contribution in [2.24, 2.45) is 0 Å². The molecule has 3 rings (SSSR count). The Morgan fingerprint density at radius 2 is 1.80 bits per heavy atom. The molecule has 0 saturated heterocycles. The molecular weight excluding hydrogens is 250 g/mol. The quantitative estimate of drug-likeness (QED) is 0.919. The highest BCUT2D eigenvalue weighted by Crippen LogP contribution is 2.33. The topological polar surface area (TPSA) is 30.5 Å². The number of nitrogens with one attached hydrogen (secondary N) is 1. The van der Waals surface area contributed by atoms with E-state index in [0.29, 0.717) is 13.2 Å². The van der Waals surface area contributed by atoms with Crippen LogP contribution in [0.2, 0.25) is 0 Å². The van der Waals surface area contributed by atoms with Crippen LogP contribution >= 0.6 is 0 Å². The summed E-state index contributed by atoms with van der Waals surface area (Å²) in [7, 11) is 0. The van der Waals surface area contributed by atoms with Gasteiger partial charge in [0.15, 0.2) is 11.5 Å². The average molecular weight is 269 g/mol. The summed E-state index contributed by atoms with van der Waals surface area (Å²) in [4.78, 5) is 0. The monoisotopic (exact) mass is 269 g/mol. The maximum absolute atomic E-state index is 5.71. The Kier molecular flexibility index (Phi) is 3.77. The third kappa shape index (κ3) is 2.72. The maximum Gasteiger partial charge on any atom is 0.166 e. The van der Waals surface area contributed by atoms with Crippen molar-refractivity contribution in [3.63, 3.8) is 0 Å². The van der Waals surface area contributed by atoms with E-state index in [0.717, 1.165) is 35.7 Å². The van der Waals surface area contributed by atoms with E-state index in [9.17, 15) is 0 Å². The minimum absolute atomic E-state index is 0.620. The van der Waals surface area contributed by atoms with Crippen LogP contribution in [0.25, 0.3) is 0 Å². The van der Waals surface area contributed by atoms with E-state index in [1.54, 1.807) is 0 Å². The standard InChI is InChI=1S/C17H19NO2/c1-2-13-6-8-15(9-7-13)18-12-14-4-3-5-16-17(14)20-11-10-19-16/h3-9,18H,2,10-12H2,1H3. The molecular formula is C17H19NO2. The summed E-state index contributed by atoms with van der Waals surface area (Å²) in [6.07, 6.45) is 1.07. The number of ether oxygens (including phenoxy) is 2. The smallest absolute Gasteiger partial charge is 0.166 e. The molecule has 0 bridgehead atoms. The number of fused-ring (bicyclic) bond motifs is 1. The number of hydrogen-bond acceptors (Lipinski definition) is 3. The van der Waals surface area contributed by atoms with E-state index in [1.165, 1.54) is 5.56 Å². The first-order chi connectivity index (χ1) is 9.86. The van der Waals surface area contributed by atoms with Crippen LogP contribution in [-0.4, -0.2) is 13.2 Å². The molecule has 3 heteroatoms. The molecule has 0 amide bonds. The SMILES string of the molecule is CCc1ccc(NCc2cccc3c2OCCO3)cc1. The maximum atomic E-state index is 5.71. The Labute approximate surface area is 119 Å². The van der Waals surface area contributed by atoms with E-state index in [4.69, 9.17) is 9.47 Å². The van der Waals surface area contributed by atoms with E-state index in [-0.39, 0.29) is 0 Å². The minimum atomic E-state index is 0.620. The van der Waals surface area contributed by atoms with Crippen LogP contribution in [0.5, 0.6) is 11.5 Å². The predicted molar refractivity (Wildman–Crippen MR) is 80.6 cm³/mol. The van der Waals surface area contributed by atoms with E-state index >= 15 is 0 Å². The van der Waals surface area contributed by atoms with E-state index in [2.05, 4.69) is 42.6 Å². The lowest BCUT2D eigenvalue weighted by atomic mass is 10.1. The van der Waals surface area contributed by atoms with Crippen molar-refractivity contribution in [3.05, 3.63) is 53.6 Å². The van der Waals surface area contributed by atoms with Gasteiger partial charge in [0.25, 0.3) is 0 Å². The molecule has 3 nitrogen and oxygen atoms in total. The van der Waals surface area contributed by atoms with Crippen LogP contribution in [0.3, 0.4) is 0 Å². The predicted octanol–water partition coefficient (Wildman–Crippen LogP) is 3.63. The molecule has 1 heterocycles. The fourth-order valence-corrected chi connectivity index (χ4v) is 2.33. The molecule has 0 aliphatic carbocycles. The Morgan fingerprint density at radius 3 is 2.60 bits per heavy atom. The fourth-order valence-electron chi connectivity index (χ4n) is 2.33. The molecule has 0 unspecified atom stereocenters. The van der Waals surface area contributed by atoms with Crippen LogP contribution < -0.4 is 14.8 Å². The lowest BCUT2D eigenvalue weighted by Gasteiger charge is -2.21. The summed E-state index contributed by atoms with van der Waals surface area (Å²) >= 11 is 0. The molecule has 0 aromatic heterocycles. The average Bonchev–Trinajstić information content (AvgIpc) is 2.53. The molecule has 20 heavy (non-hydrogen) atoms. The van der Waals surface area contributed by atoms with E-state index in [1.807, 2.05) is 12.1 Å². The van der Waals surface area contributed by atoms with Crippen molar-refractivity contribution in [1.29, 1.82) is 0 Å². The highest BCUT2D eigenvalue weighted by Gasteiger charge is 2.14. The Balaban J connectivity index is 1.71. The van der Waals surface area contributed by atoms with Gasteiger partial charge < -0.3 is 14.8 Å². The van der Waals surface area contributed by atoms with Crippen molar-refractivity contribution >= 4 is 5.69 Å². The van der Waals surface area contributed by atoms with E-state index < -0.39 is 0 Å². The lowest BCUT2D eigenvalue weighted by molar-refractivity contribution is 0.170. The Bertz CT molecular complexity index is 578. The first kappa shape index (κ1) is 12.9. The summed E-state index contributed by atoms with van der Waals surface area (Å²) in [5, 5.41) is 3.43. The normalized spacial score (nSPS) is 13.1. The second kappa shape index (κ2) is 5.87. The zero-order valence-electron chi connectivity index (χ0n) is 11.7. The molecule has 1 aliphatic rings. The van der Waals surface area contributed by atoms with Crippen LogP contribution in [0.4, 0.5) is 5.69 Å². The van der Waals surface area contributed by atoms with Gasteiger partial charge in [0, 0.05) is 17.8 Å². The first-order valence-electron chi connectivity index (χ1n) is 7.07. The highest BCUT2D eigenvalue weighted by molar-refractivity contribution is 5.51. The number of benzene rings is 2. The van der Waals surface area contributed by atoms with Gasteiger partial charge in [0.05, 0.1) is 0 Å². The molecule has 104 valence electrons. The molecule has 2 aromatic rings. The van der Waals surface area contributed by atoms with Gasteiger partial charge in [-0.15, -0.1) is 0 Å². The second-order valence-electron chi connectivity index (χ2n) is 4.85. The lowest BCUT2D eigenvalue weighted by Crippen LogP contribution is -2.17. The zero-order chi connectivity index (χ0) is 13.8. The van der Waals surface area contributed by atoms with Crippen LogP contribution in [0.15, 0.2) is 42.5 Å². The number of hydrogen-bond donors (Lipinski definition) is 1. The summed E-state index contributed by atoms with van der Waals surface area (Å²) in [6, 6.07) is 14.6. The minimum Gasteiger partial charge on any atom is -0.486 e. The fraction of sp³-hybridized carbons (Fsp3) is 0.294. The van der Waals surface area contributed by atoms with Gasteiger partial charge >= 0.3 is 0 Å².